The summed E-state index contributed by atoms with van der Waals surface area (Å²) in [7, 11) is 1.46. The van der Waals surface area contributed by atoms with Gasteiger partial charge in [0, 0.05) is 0 Å². The molecule has 0 amide bonds. The fraction of sp³-hybridized carbons (Fsp3) is 0.923. The monoisotopic (exact) mass is 242 g/mol. The van der Waals surface area contributed by atoms with Crippen LogP contribution in [0.1, 0.15) is 33.1 Å². The topological polar surface area (TPSA) is 26.3 Å². The van der Waals surface area contributed by atoms with E-state index in [1.165, 1.54) is 26.4 Å². The first-order valence-electron chi connectivity index (χ1n) is 6.20. The molecule has 2 bridgehead atoms. The molecule has 2 nitrogen and oxygen atoms in total. The van der Waals surface area contributed by atoms with E-state index in [9.17, 15) is 4.79 Å². The molecule has 0 aromatic rings. The van der Waals surface area contributed by atoms with Gasteiger partial charge in [-0.3, -0.25) is 4.79 Å². The number of thioether (sulfide) groups is 1. The molecule has 3 atom stereocenters. The number of ether oxygens (including phenoxy) is 1. The maximum atomic E-state index is 11.0. The van der Waals surface area contributed by atoms with Crippen molar-refractivity contribution in [2.45, 2.75) is 33.1 Å². The molecule has 3 aliphatic carbocycles. The third-order valence-corrected chi connectivity index (χ3v) is 5.88. The van der Waals surface area contributed by atoms with E-state index in [-0.39, 0.29) is 5.97 Å². The van der Waals surface area contributed by atoms with Crippen LogP contribution < -0.4 is 0 Å². The Morgan fingerprint density at radius 3 is 2.75 bits per heavy atom. The van der Waals surface area contributed by atoms with Gasteiger partial charge >= 0.3 is 5.97 Å². The van der Waals surface area contributed by atoms with Crippen LogP contribution in [0.5, 0.6) is 0 Å². The molecule has 3 fully saturated rings. The van der Waals surface area contributed by atoms with Gasteiger partial charge in [0.25, 0.3) is 0 Å². The zero-order valence-electron chi connectivity index (χ0n) is 10.5. The molecule has 0 spiro atoms. The lowest BCUT2D eigenvalue weighted by atomic mass is 9.46. The molecule has 0 heterocycles. The predicted molar refractivity (Wildman–Crippen MR) is 67.4 cm³/mol. The molecule has 3 heteroatoms. The molecule has 0 aromatic carbocycles. The number of carbonyl (C=O) groups excluding carboxylic acids is 1. The number of carbonyl (C=O) groups is 1. The van der Waals surface area contributed by atoms with Crippen LogP contribution in [0.4, 0.5) is 0 Å². The van der Waals surface area contributed by atoms with E-state index in [0.717, 1.165) is 23.5 Å². The average molecular weight is 242 g/mol. The largest absolute Gasteiger partial charge is 0.468 e. The molecule has 16 heavy (non-hydrogen) atoms. The van der Waals surface area contributed by atoms with Gasteiger partial charge in [0.15, 0.2) is 0 Å². The summed E-state index contributed by atoms with van der Waals surface area (Å²) in [6, 6.07) is 0. The fourth-order valence-corrected chi connectivity index (χ4v) is 4.62. The van der Waals surface area contributed by atoms with Crippen molar-refractivity contribution in [1.29, 1.82) is 0 Å². The van der Waals surface area contributed by atoms with Crippen LogP contribution in [0.25, 0.3) is 0 Å². The Balaban J connectivity index is 1.76. The van der Waals surface area contributed by atoms with Crippen molar-refractivity contribution in [3.63, 3.8) is 0 Å². The Morgan fingerprint density at radius 1 is 1.44 bits per heavy atom. The molecule has 92 valence electrons. The third-order valence-electron chi connectivity index (χ3n) is 4.78. The van der Waals surface area contributed by atoms with Gasteiger partial charge in [-0.1, -0.05) is 13.8 Å². The van der Waals surface area contributed by atoms with E-state index in [4.69, 9.17) is 0 Å². The van der Waals surface area contributed by atoms with Crippen LogP contribution in [0, 0.1) is 23.2 Å². The van der Waals surface area contributed by atoms with E-state index in [2.05, 4.69) is 18.6 Å². The maximum absolute atomic E-state index is 11.0. The first kappa shape index (κ1) is 12.3. The molecular formula is C13H22O2S. The smallest absolute Gasteiger partial charge is 0.315 e. The lowest BCUT2D eigenvalue weighted by molar-refractivity contribution is -0.137. The molecule has 0 unspecified atom stereocenters. The van der Waals surface area contributed by atoms with Gasteiger partial charge in [-0.15, -0.1) is 11.8 Å². The average Bonchev–Trinajstić information content (AvgIpc) is 2.28. The van der Waals surface area contributed by atoms with Gasteiger partial charge in [-0.2, -0.15) is 0 Å². The normalized spacial score (nSPS) is 35.3. The van der Waals surface area contributed by atoms with Gasteiger partial charge in [-0.25, -0.2) is 0 Å². The molecule has 0 N–H and O–H groups in total. The minimum atomic E-state index is -0.0912. The summed E-state index contributed by atoms with van der Waals surface area (Å²) < 4.78 is 4.66. The highest BCUT2D eigenvalue weighted by Crippen LogP contribution is 2.61. The highest BCUT2D eigenvalue weighted by molar-refractivity contribution is 7.99. The van der Waals surface area contributed by atoms with Crippen molar-refractivity contribution in [2.24, 2.45) is 23.2 Å². The van der Waals surface area contributed by atoms with Crippen LogP contribution in [-0.4, -0.2) is 24.6 Å². The Hall–Kier alpha value is -0.180. The summed E-state index contributed by atoms with van der Waals surface area (Å²) in [5.74, 6) is 4.26. The fourth-order valence-electron chi connectivity index (χ4n) is 3.51. The van der Waals surface area contributed by atoms with Gasteiger partial charge < -0.3 is 4.74 Å². The van der Waals surface area contributed by atoms with Gasteiger partial charge in [-0.05, 0) is 48.2 Å². The number of hydrogen-bond acceptors (Lipinski definition) is 3. The highest BCUT2D eigenvalue weighted by Gasteiger charge is 2.53. The molecule has 3 aliphatic rings. The van der Waals surface area contributed by atoms with Crippen molar-refractivity contribution in [3.05, 3.63) is 0 Å². The van der Waals surface area contributed by atoms with Crippen molar-refractivity contribution in [3.8, 4) is 0 Å². The Bertz CT molecular complexity index is 273. The first-order chi connectivity index (χ1) is 7.55. The summed E-state index contributed by atoms with van der Waals surface area (Å²) >= 11 is 1.75. The number of esters is 1. The molecule has 0 radical (unpaired) electrons. The zero-order valence-corrected chi connectivity index (χ0v) is 11.3. The van der Waals surface area contributed by atoms with E-state index >= 15 is 0 Å². The zero-order chi connectivity index (χ0) is 11.8. The predicted octanol–water partition coefficient (Wildman–Crippen LogP) is 2.96. The number of methoxy groups -OCH3 is 1. The van der Waals surface area contributed by atoms with Crippen molar-refractivity contribution in [2.75, 3.05) is 18.6 Å². The summed E-state index contributed by atoms with van der Waals surface area (Å²) in [5.41, 5.74) is 0.564. The Morgan fingerprint density at radius 2 is 2.19 bits per heavy atom. The van der Waals surface area contributed by atoms with Gasteiger partial charge in [0.2, 0.25) is 0 Å². The SMILES string of the molecule is COC(=O)CSC[C@@H]1CC[C@@H]2C[C@H]1C2(C)C. The molecule has 0 aliphatic heterocycles. The standard InChI is InChI=1S/C13H22O2S/c1-13(2)10-5-4-9(11(13)6-10)7-16-8-12(14)15-3/h9-11H,4-8H2,1-3H3/t9-,10+,11+/m0/s1. The maximum Gasteiger partial charge on any atom is 0.315 e. The molecule has 0 saturated heterocycles. The number of fused-ring (bicyclic) bond motifs is 2. The highest BCUT2D eigenvalue weighted by atomic mass is 32.2. The number of hydrogen-bond donors (Lipinski definition) is 0. The van der Waals surface area contributed by atoms with E-state index in [1.54, 1.807) is 11.8 Å². The quantitative estimate of drug-likeness (QED) is 0.709. The van der Waals surface area contributed by atoms with Crippen LogP contribution in [0.15, 0.2) is 0 Å². The second kappa shape index (κ2) is 4.59. The lowest BCUT2D eigenvalue weighted by Crippen LogP contribution is -2.52. The Labute approximate surface area is 103 Å². The number of rotatable bonds is 4. The van der Waals surface area contributed by atoms with E-state index in [1.807, 2.05) is 0 Å². The summed E-state index contributed by atoms with van der Waals surface area (Å²) in [6.45, 7) is 4.84. The summed E-state index contributed by atoms with van der Waals surface area (Å²) in [6.07, 6.45) is 4.19. The second-order valence-electron chi connectivity index (χ2n) is 5.79. The summed E-state index contributed by atoms with van der Waals surface area (Å²) in [5, 5.41) is 0. The Kier molecular flexibility index (Phi) is 3.53. The first-order valence-corrected chi connectivity index (χ1v) is 7.35. The van der Waals surface area contributed by atoms with E-state index < -0.39 is 0 Å². The molecule has 3 saturated carbocycles. The van der Waals surface area contributed by atoms with Crippen molar-refractivity contribution in [1.82, 2.24) is 0 Å². The minimum Gasteiger partial charge on any atom is -0.468 e. The van der Waals surface area contributed by atoms with Crippen LogP contribution in [0.3, 0.4) is 0 Å². The van der Waals surface area contributed by atoms with E-state index in [0.29, 0.717) is 11.2 Å². The van der Waals surface area contributed by atoms with Crippen LogP contribution in [-0.2, 0) is 9.53 Å². The van der Waals surface area contributed by atoms with Gasteiger partial charge in [0.1, 0.15) is 0 Å². The van der Waals surface area contributed by atoms with Crippen molar-refractivity contribution < 1.29 is 9.53 Å². The minimum absolute atomic E-state index is 0.0912. The molecular weight excluding hydrogens is 220 g/mol. The summed E-state index contributed by atoms with van der Waals surface area (Å²) in [4.78, 5) is 11.0. The van der Waals surface area contributed by atoms with Crippen LogP contribution >= 0.6 is 11.8 Å². The second-order valence-corrected chi connectivity index (χ2v) is 6.82. The lowest BCUT2D eigenvalue weighted by Gasteiger charge is -2.60. The van der Waals surface area contributed by atoms with Crippen molar-refractivity contribution >= 4 is 17.7 Å². The van der Waals surface area contributed by atoms with Gasteiger partial charge in [0.05, 0.1) is 12.9 Å². The molecule has 3 rings (SSSR count). The van der Waals surface area contributed by atoms with Crippen LogP contribution in [0.2, 0.25) is 0 Å². The molecule has 0 aromatic heterocycles. The third kappa shape index (κ3) is 2.11.